The number of nitrogens with zero attached hydrogens (tertiary/aromatic N) is 2. The summed E-state index contributed by atoms with van der Waals surface area (Å²) in [4.78, 5) is 19.5. The highest BCUT2D eigenvalue weighted by Crippen LogP contribution is 2.19. The maximum Gasteiger partial charge on any atom is 0.257 e. The number of hydrogen-bond acceptors (Lipinski definition) is 5. The van der Waals surface area contributed by atoms with Crippen LogP contribution in [0, 0.1) is 5.82 Å². The molecule has 1 heterocycles. The van der Waals surface area contributed by atoms with Crippen LogP contribution < -0.4 is 15.4 Å². The molecule has 2 aromatic carbocycles. The second-order valence-corrected chi connectivity index (χ2v) is 7.26. The van der Waals surface area contributed by atoms with Crippen molar-refractivity contribution < 1.29 is 18.7 Å². The van der Waals surface area contributed by atoms with Gasteiger partial charge in [-0.2, -0.15) is 0 Å². The lowest BCUT2D eigenvalue weighted by Crippen LogP contribution is -2.39. The molecule has 7 nitrogen and oxygen atoms in total. The second kappa shape index (κ2) is 11.6. The molecule has 0 bridgehead atoms. The molecule has 0 aliphatic carbocycles. The molecular weight excluding hydrogens is 423 g/mol. The van der Waals surface area contributed by atoms with Crippen molar-refractivity contribution in [2.24, 2.45) is 4.99 Å². The summed E-state index contributed by atoms with van der Waals surface area (Å²) in [6.07, 6.45) is 0. The molecular formula is C22H26ClFN4O3. The SMILES string of the molecule is CCOc1ccc(C(=O)NC(=NCCN2CCOCC2)Nc2ccc(F)c(Cl)c2)cc1. The Morgan fingerprint density at radius 3 is 2.65 bits per heavy atom. The average Bonchev–Trinajstić information content (AvgIpc) is 2.77. The van der Waals surface area contributed by atoms with Crippen molar-refractivity contribution in [2.45, 2.75) is 6.92 Å². The van der Waals surface area contributed by atoms with Gasteiger partial charge in [-0.25, -0.2) is 4.39 Å². The molecule has 0 spiro atoms. The molecule has 1 saturated heterocycles. The molecule has 166 valence electrons. The van der Waals surface area contributed by atoms with Gasteiger partial charge in [0.25, 0.3) is 5.91 Å². The summed E-state index contributed by atoms with van der Waals surface area (Å²) in [6, 6.07) is 11.1. The fourth-order valence-corrected chi connectivity index (χ4v) is 3.18. The molecule has 0 atom stereocenters. The maximum absolute atomic E-state index is 13.5. The van der Waals surface area contributed by atoms with Gasteiger partial charge in [0.2, 0.25) is 5.96 Å². The van der Waals surface area contributed by atoms with Gasteiger partial charge in [-0.3, -0.25) is 20.0 Å². The normalized spacial score (nSPS) is 14.9. The largest absolute Gasteiger partial charge is 0.494 e. The zero-order chi connectivity index (χ0) is 22.1. The number of amides is 1. The van der Waals surface area contributed by atoms with E-state index in [0.717, 1.165) is 19.6 Å². The summed E-state index contributed by atoms with van der Waals surface area (Å²) in [5, 5.41) is 5.78. The monoisotopic (exact) mass is 448 g/mol. The molecule has 2 N–H and O–H groups in total. The van der Waals surface area contributed by atoms with E-state index in [-0.39, 0.29) is 16.9 Å². The topological polar surface area (TPSA) is 75.2 Å². The van der Waals surface area contributed by atoms with Crippen LogP contribution in [-0.2, 0) is 4.74 Å². The van der Waals surface area contributed by atoms with Crippen molar-refractivity contribution in [3.8, 4) is 5.75 Å². The minimum Gasteiger partial charge on any atom is -0.494 e. The summed E-state index contributed by atoms with van der Waals surface area (Å²) in [6.45, 7) is 6.77. The van der Waals surface area contributed by atoms with E-state index in [1.165, 1.54) is 18.2 Å². The third-order valence-electron chi connectivity index (χ3n) is 4.63. The summed E-state index contributed by atoms with van der Waals surface area (Å²) >= 11 is 5.87. The molecule has 0 radical (unpaired) electrons. The number of hydrogen-bond donors (Lipinski definition) is 2. The van der Waals surface area contributed by atoms with Gasteiger partial charge in [-0.15, -0.1) is 0 Å². The van der Waals surface area contributed by atoms with E-state index in [9.17, 15) is 9.18 Å². The van der Waals surface area contributed by atoms with E-state index in [1.807, 2.05) is 6.92 Å². The number of benzene rings is 2. The minimum absolute atomic E-state index is 0.0180. The first-order valence-corrected chi connectivity index (χ1v) is 10.5. The molecule has 31 heavy (non-hydrogen) atoms. The van der Waals surface area contributed by atoms with Crippen molar-refractivity contribution in [3.63, 3.8) is 0 Å². The number of nitrogens with one attached hydrogen (secondary N) is 2. The van der Waals surface area contributed by atoms with Crippen LogP contribution in [0.3, 0.4) is 0 Å². The van der Waals surface area contributed by atoms with E-state index < -0.39 is 5.82 Å². The first-order chi connectivity index (χ1) is 15.0. The molecule has 1 amide bonds. The lowest BCUT2D eigenvalue weighted by Gasteiger charge is -2.25. The molecule has 0 unspecified atom stereocenters. The Bertz CT molecular complexity index is 902. The first-order valence-electron chi connectivity index (χ1n) is 10.2. The Hall–Kier alpha value is -2.68. The smallest absolute Gasteiger partial charge is 0.257 e. The number of carbonyl (C=O) groups excluding carboxylic acids is 1. The van der Waals surface area contributed by atoms with Crippen LogP contribution in [0.5, 0.6) is 5.75 Å². The van der Waals surface area contributed by atoms with Crippen molar-refractivity contribution in [2.75, 3.05) is 51.3 Å². The molecule has 0 aromatic heterocycles. The third kappa shape index (κ3) is 7.20. The van der Waals surface area contributed by atoms with Gasteiger partial charge < -0.3 is 14.8 Å². The third-order valence-corrected chi connectivity index (χ3v) is 4.92. The van der Waals surface area contributed by atoms with Crippen molar-refractivity contribution in [3.05, 3.63) is 58.9 Å². The highest BCUT2D eigenvalue weighted by atomic mass is 35.5. The lowest BCUT2D eigenvalue weighted by atomic mass is 10.2. The second-order valence-electron chi connectivity index (χ2n) is 6.85. The van der Waals surface area contributed by atoms with E-state index in [4.69, 9.17) is 21.1 Å². The number of guanidine groups is 1. The number of morpholine rings is 1. The van der Waals surface area contributed by atoms with Crippen molar-refractivity contribution in [1.82, 2.24) is 10.2 Å². The highest BCUT2D eigenvalue weighted by Gasteiger charge is 2.12. The molecule has 0 saturated carbocycles. The minimum atomic E-state index is -0.517. The van der Waals surface area contributed by atoms with Gasteiger partial charge in [0.1, 0.15) is 11.6 Å². The Balaban J connectivity index is 1.69. The summed E-state index contributed by atoms with van der Waals surface area (Å²) < 4.78 is 24.2. The number of rotatable bonds is 7. The standard InChI is InChI=1S/C22H26ClFN4O3/c1-2-31-18-6-3-16(4-7-18)21(29)27-22(25-9-10-28-11-13-30-14-12-28)26-17-5-8-20(24)19(23)15-17/h3-8,15H,2,9-14H2,1H3,(H2,25,26,27,29). The summed E-state index contributed by atoms with van der Waals surface area (Å²) in [7, 11) is 0. The lowest BCUT2D eigenvalue weighted by molar-refractivity contribution is 0.0394. The van der Waals surface area contributed by atoms with Crippen LogP contribution in [-0.4, -0.2) is 62.8 Å². The zero-order valence-electron chi connectivity index (χ0n) is 17.4. The highest BCUT2D eigenvalue weighted by molar-refractivity contribution is 6.31. The summed E-state index contributed by atoms with van der Waals surface area (Å²) in [5.41, 5.74) is 0.979. The fraction of sp³-hybridized carbons (Fsp3) is 0.364. The van der Waals surface area contributed by atoms with Crippen LogP contribution in [0.2, 0.25) is 5.02 Å². The fourth-order valence-electron chi connectivity index (χ4n) is 3.00. The van der Waals surface area contributed by atoms with E-state index in [2.05, 4.69) is 20.5 Å². The first kappa shape index (κ1) is 23.0. The van der Waals surface area contributed by atoms with Gasteiger partial charge in [-0.1, -0.05) is 11.6 Å². The number of carbonyl (C=O) groups is 1. The summed E-state index contributed by atoms with van der Waals surface area (Å²) in [5.74, 6) is 0.109. The molecule has 3 rings (SSSR count). The van der Waals surface area contributed by atoms with Crippen LogP contribution in [0.4, 0.5) is 10.1 Å². The predicted octanol–water partition coefficient (Wildman–Crippen LogP) is 3.41. The van der Waals surface area contributed by atoms with Crippen LogP contribution in [0.25, 0.3) is 0 Å². The number of ether oxygens (including phenoxy) is 2. The number of halogens is 2. The molecule has 1 aliphatic rings. The van der Waals surface area contributed by atoms with Gasteiger partial charge in [0, 0.05) is 30.9 Å². The van der Waals surface area contributed by atoms with Crippen LogP contribution in [0.15, 0.2) is 47.5 Å². The Kier molecular flexibility index (Phi) is 8.63. The van der Waals surface area contributed by atoms with Gasteiger partial charge in [0.05, 0.1) is 31.4 Å². The predicted molar refractivity (Wildman–Crippen MR) is 120 cm³/mol. The molecule has 1 aliphatic heterocycles. The van der Waals surface area contributed by atoms with Gasteiger partial charge in [0.15, 0.2) is 0 Å². The number of aliphatic imine (C=N–C) groups is 1. The van der Waals surface area contributed by atoms with E-state index in [1.54, 1.807) is 24.3 Å². The van der Waals surface area contributed by atoms with Crippen LogP contribution in [0.1, 0.15) is 17.3 Å². The van der Waals surface area contributed by atoms with Gasteiger partial charge in [-0.05, 0) is 49.4 Å². The van der Waals surface area contributed by atoms with Crippen molar-refractivity contribution in [1.29, 1.82) is 0 Å². The maximum atomic E-state index is 13.5. The average molecular weight is 449 g/mol. The quantitative estimate of drug-likeness (QED) is 0.501. The van der Waals surface area contributed by atoms with Crippen molar-refractivity contribution >= 4 is 29.2 Å². The van der Waals surface area contributed by atoms with E-state index in [0.29, 0.717) is 43.4 Å². The Morgan fingerprint density at radius 1 is 1.23 bits per heavy atom. The molecule has 9 heteroatoms. The molecule has 2 aromatic rings. The molecule has 1 fully saturated rings. The number of anilines is 1. The van der Waals surface area contributed by atoms with E-state index >= 15 is 0 Å². The Morgan fingerprint density at radius 2 is 1.97 bits per heavy atom. The van der Waals surface area contributed by atoms with Crippen LogP contribution >= 0.6 is 11.6 Å². The Labute approximate surface area is 186 Å². The van der Waals surface area contributed by atoms with Gasteiger partial charge >= 0.3 is 0 Å². The zero-order valence-corrected chi connectivity index (χ0v) is 18.1.